The Morgan fingerprint density at radius 3 is 2.48 bits per heavy atom. The van der Waals surface area contributed by atoms with Gasteiger partial charge in [0, 0.05) is 12.3 Å². The minimum Gasteiger partial charge on any atom is -0.489 e. The van der Waals surface area contributed by atoms with Gasteiger partial charge < -0.3 is 9.30 Å². The quantitative estimate of drug-likeness (QED) is 0.519. The summed E-state index contributed by atoms with van der Waals surface area (Å²) < 4.78 is 7.03. The van der Waals surface area contributed by atoms with Gasteiger partial charge in [0.2, 0.25) is 0 Å². The number of amides is 1. The Bertz CT molecular complexity index is 964. The summed E-state index contributed by atoms with van der Waals surface area (Å²) in [6.07, 6.45) is 3.09. The van der Waals surface area contributed by atoms with Crippen LogP contribution in [0.4, 0.5) is 0 Å². The highest BCUT2D eigenvalue weighted by molar-refractivity contribution is 5.82. The number of aromatic nitrogens is 1. The minimum atomic E-state index is -0.373. The van der Waals surface area contributed by atoms with Crippen LogP contribution in [0, 0.1) is 0 Å². The van der Waals surface area contributed by atoms with E-state index < -0.39 is 0 Å². The number of hydrogen-bond acceptors (Lipinski definition) is 4. The van der Waals surface area contributed by atoms with Gasteiger partial charge in [-0.15, -0.1) is 0 Å². The second-order valence-electron chi connectivity index (χ2n) is 5.80. The van der Waals surface area contributed by atoms with Crippen molar-refractivity contribution in [3.8, 4) is 5.75 Å². The van der Waals surface area contributed by atoms with Gasteiger partial charge in [-0.1, -0.05) is 36.4 Å². The molecule has 0 spiro atoms. The molecule has 2 aromatic carbocycles. The zero-order chi connectivity index (χ0) is 18.9. The molecule has 0 aliphatic rings. The van der Waals surface area contributed by atoms with Gasteiger partial charge in [0.05, 0.1) is 6.21 Å². The van der Waals surface area contributed by atoms with Crippen LogP contribution in [0.2, 0.25) is 0 Å². The number of rotatable bonds is 7. The summed E-state index contributed by atoms with van der Waals surface area (Å²) in [5, 5.41) is 3.91. The zero-order valence-corrected chi connectivity index (χ0v) is 14.6. The summed E-state index contributed by atoms with van der Waals surface area (Å²) in [4.78, 5) is 23.4. The molecule has 0 fully saturated rings. The molecule has 27 heavy (non-hydrogen) atoms. The van der Waals surface area contributed by atoms with E-state index in [4.69, 9.17) is 4.74 Å². The van der Waals surface area contributed by atoms with Crippen LogP contribution in [0.3, 0.4) is 0 Å². The van der Waals surface area contributed by atoms with E-state index in [1.165, 1.54) is 16.8 Å². The summed E-state index contributed by atoms with van der Waals surface area (Å²) in [5.74, 6) is 0.380. The van der Waals surface area contributed by atoms with Crippen LogP contribution in [0.25, 0.3) is 0 Å². The van der Waals surface area contributed by atoms with Crippen LogP contribution < -0.4 is 15.7 Å². The molecule has 6 heteroatoms. The third-order valence-electron chi connectivity index (χ3n) is 3.74. The van der Waals surface area contributed by atoms with Gasteiger partial charge in [-0.25, -0.2) is 5.43 Å². The molecule has 3 aromatic rings. The minimum absolute atomic E-state index is 0.0801. The van der Waals surface area contributed by atoms with Crippen LogP contribution in [0.5, 0.6) is 5.75 Å². The Morgan fingerprint density at radius 1 is 1.00 bits per heavy atom. The smallest absolute Gasteiger partial charge is 0.260 e. The Kier molecular flexibility index (Phi) is 6.14. The highest BCUT2D eigenvalue weighted by atomic mass is 16.5. The maximum atomic E-state index is 11.8. The second-order valence-corrected chi connectivity index (χ2v) is 5.80. The molecule has 1 heterocycles. The number of pyridine rings is 1. The third kappa shape index (κ3) is 5.67. The summed E-state index contributed by atoms with van der Waals surface area (Å²) >= 11 is 0. The normalized spacial score (nSPS) is 10.7. The standard InChI is InChI=1S/C21H19N3O3/c25-20(15-24-13-5-4-8-21(24)26)23-22-14-17-9-11-19(12-10-17)27-16-18-6-2-1-3-7-18/h1-14H,15-16H2,(H,23,25)/b22-14-. The molecule has 1 N–H and O–H groups in total. The Morgan fingerprint density at radius 2 is 1.74 bits per heavy atom. The molecule has 1 aromatic heterocycles. The SMILES string of the molecule is O=C(Cn1ccccc1=O)N/N=C\c1ccc(OCc2ccccc2)cc1. The molecule has 0 unspecified atom stereocenters. The first-order valence-corrected chi connectivity index (χ1v) is 8.45. The molecule has 1 amide bonds. The van der Waals surface area contributed by atoms with Crippen molar-refractivity contribution in [1.82, 2.24) is 9.99 Å². The predicted molar refractivity (Wildman–Crippen MR) is 104 cm³/mol. The lowest BCUT2D eigenvalue weighted by molar-refractivity contribution is -0.121. The Balaban J connectivity index is 1.48. The molecule has 0 aliphatic heterocycles. The molecule has 0 radical (unpaired) electrons. The van der Waals surface area contributed by atoms with E-state index in [9.17, 15) is 9.59 Å². The van der Waals surface area contributed by atoms with E-state index >= 15 is 0 Å². The van der Waals surface area contributed by atoms with Crippen molar-refractivity contribution >= 4 is 12.1 Å². The molecule has 0 aliphatic carbocycles. The second kappa shape index (κ2) is 9.15. The molecule has 0 bridgehead atoms. The first kappa shape index (κ1) is 18.1. The maximum absolute atomic E-state index is 11.8. The van der Waals surface area contributed by atoms with E-state index in [1.807, 2.05) is 54.6 Å². The average Bonchev–Trinajstić information content (AvgIpc) is 2.70. The number of benzene rings is 2. The Labute approximate surface area is 156 Å². The monoisotopic (exact) mass is 361 g/mol. The summed E-state index contributed by atoms with van der Waals surface area (Å²) in [6.45, 7) is 0.423. The van der Waals surface area contributed by atoms with Gasteiger partial charge in [0.25, 0.3) is 11.5 Å². The molecule has 0 saturated carbocycles. The van der Waals surface area contributed by atoms with Crippen molar-refractivity contribution in [2.24, 2.45) is 5.10 Å². The van der Waals surface area contributed by atoms with Crippen LogP contribution in [0.15, 0.2) is 88.9 Å². The molecule has 3 rings (SSSR count). The topological polar surface area (TPSA) is 72.7 Å². The first-order chi connectivity index (χ1) is 13.2. The van der Waals surface area contributed by atoms with E-state index in [1.54, 1.807) is 18.3 Å². The fourth-order valence-electron chi connectivity index (χ4n) is 2.35. The van der Waals surface area contributed by atoms with E-state index in [2.05, 4.69) is 10.5 Å². The fourth-order valence-corrected chi connectivity index (χ4v) is 2.35. The van der Waals surface area contributed by atoms with E-state index in [-0.39, 0.29) is 18.0 Å². The van der Waals surface area contributed by atoms with Crippen molar-refractivity contribution in [2.45, 2.75) is 13.2 Å². The van der Waals surface area contributed by atoms with Gasteiger partial charge in [-0.05, 0) is 41.5 Å². The van der Waals surface area contributed by atoms with Crippen molar-refractivity contribution in [3.63, 3.8) is 0 Å². The number of carbonyl (C=O) groups is 1. The van der Waals surface area contributed by atoms with Crippen molar-refractivity contribution in [2.75, 3.05) is 0 Å². The number of hydrogen-bond donors (Lipinski definition) is 1. The highest BCUT2D eigenvalue weighted by Gasteiger charge is 2.02. The van der Waals surface area contributed by atoms with Gasteiger partial charge >= 0.3 is 0 Å². The van der Waals surface area contributed by atoms with Gasteiger partial charge in [-0.3, -0.25) is 9.59 Å². The summed E-state index contributed by atoms with van der Waals surface area (Å²) in [5.41, 5.74) is 4.09. The number of nitrogens with one attached hydrogen (secondary N) is 1. The summed E-state index contributed by atoms with van der Waals surface area (Å²) in [7, 11) is 0. The third-order valence-corrected chi connectivity index (χ3v) is 3.74. The lowest BCUT2D eigenvalue weighted by Gasteiger charge is -2.06. The lowest BCUT2D eigenvalue weighted by atomic mass is 10.2. The molecule has 0 saturated heterocycles. The number of hydrazone groups is 1. The molecule has 6 nitrogen and oxygen atoms in total. The van der Waals surface area contributed by atoms with E-state index in [0.29, 0.717) is 6.61 Å². The lowest BCUT2D eigenvalue weighted by Crippen LogP contribution is -2.28. The van der Waals surface area contributed by atoms with Crippen LogP contribution in [-0.4, -0.2) is 16.7 Å². The van der Waals surface area contributed by atoms with Crippen LogP contribution >= 0.6 is 0 Å². The number of carbonyl (C=O) groups excluding carboxylic acids is 1. The van der Waals surface area contributed by atoms with Crippen LogP contribution in [-0.2, 0) is 17.9 Å². The molecule has 136 valence electrons. The largest absolute Gasteiger partial charge is 0.489 e. The predicted octanol–water partition coefficient (Wildman–Crippen LogP) is 2.58. The molecular formula is C21H19N3O3. The zero-order valence-electron chi connectivity index (χ0n) is 14.6. The highest BCUT2D eigenvalue weighted by Crippen LogP contribution is 2.13. The van der Waals surface area contributed by atoms with Gasteiger partial charge in [0.1, 0.15) is 18.9 Å². The van der Waals surface area contributed by atoms with E-state index in [0.717, 1.165) is 16.9 Å². The van der Waals surface area contributed by atoms with Crippen molar-refractivity contribution in [1.29, 1.82) is 0 Å². The fraction of sp³-hybridized carbons (Fsp3) is 0.0952. The van der Waals surface area contributed by atoms with Crippen molar-refractivity contribution in [3.05, 3.63) is 100 Å². The molecular weight excluding hydrogens is 342 g/mol. The number of nitrogens with zero attached hydrogens (tertiary/aromatic N) is 2. The Hall–Kier alpha value is -3.67. The van der Waals surface area contributed by atoms with Crippen LogP contribution in [0.1, 0.15) is 11.1 Å². The van der Waals surface area contributed by atoms with Gasteiger partial charge in [-0.2, -0.15) is 5.10 Å². The average molecular weight is 361 g/mol. The molecule has 0 atom stereocenters. The number of ether oxygens (including phenoxy) is 1. The van der Waals surface area contributed by atoms with Gasteiger partial charge in [0.15, 0.2) is 0 Å². The summed E-state index contributed by atoms with van der Waals surface area (Å²) in [6, 6.07) is 22.0. The van der Waals surface area contributed by atoms with Crippen molar-refractivity contribution < 1.29 is 9.53 Å². The first-order valence-electron chi connectivity index (χ1n) is 8.45. The maximum Gasteiger partial charge on any atom is 0.260 e.